The van der Waals surface area contributed by atoms with Crippen molar-refractivity contribution < 1.29 is 9.53 Å². The van der Waals surface area contributed by atoms with Crippen molar-refractivity contribution in [2.75, 3.05) is 26.3 Å². The van der Waals surface area contributed by atoms with Gasteiger partial charge in [-0.05, 0) is 32.1 Å². The molecular weight excluding hydrogens is 228 g/mol. The van der Waals surface area contributed by atoms with Gasteiger partial charge < -0.3 is 10.1 Å². The van der Waals surface area contributed by atoms with Gasteiger partial charge in [0.15, 0.2) is 0 Å². The Bertz CT molecular complexity index is 298. The van der Waals surface area contributed by atoms with Crippen LogP contribution in [0.25, 0.3) is 0 Å². The topological polar surface area (TPSA) is 41.6 Å². The van der Waals surface area contributed by atoms with Crippen molar-refractivity contribution in [2.24, 2.45) is 5.92 Å². The highest BCUT2D eigenvalue weighted by Crippen LogP contribution is 2.27. The Morgan fingerprint density at radius 1 is 1.11 bits per heavy atom. The standard InChI is InChI=1S/C14H24N2O2/c17-14(11-2-1-3-11)15-12-4-7-16(10-12)13-5-8-18-9-6-13/h11-13H,1-10H2,(H,15,17). The molecule has 3 rings (SSSR count). The Morgan fingerprint density at radius 2 is 1.89 bits per heavy atom. The van der Waals surface area contributed by atoms with Crippen LogP contribution in [0.3, 0.4) is 0 Å². The molecule has 4 heteroatoms. The molecule has 0 aromatic carbocycles. The van der Waals surface area contributed by atoms with Gasteiger partial charge in [0.1, 0.15) is 0 Å². The highest BCUT2D eigenvalue weighted by molar-refractivity contribution is 5.79. The molecule has 1 N–H and O–H groups in total. The minimum atomic E-state index is 0.306. The number of ether oxygens (including phenoxy) is 1. The minimum absolute atomic E-state index is 0.306. The molecule has 3 fully saturated rings. The van der Waals surface area contributed by atoms with E-state index in [4.69, 9.17) is 4.74 Å². The zero-order valence-electron chi connectivity index (χ0n) is 11.1. The van der Waals surface area contributed by atoms with Gasteiger partial charge >= 0.3 is 0 Å². The molecule has 2 heterocycles. The molecule has 0 spiro atoms. The van der Waals surface area contributed by atoms with E-state index in [9.17, 15) is 4.79 Å². The Labute approximate surface area is 109 Å². The fourth-order valence-corrected chi connectivity index (χ4v) is 3.28. The lowest BCUT2D eigenvalue weighted by molar-refractivity contribution is -0.128. The van der Waals surface area contributed by atoms with Gasteiger partial charge in [-0.3, -0.25) is 9.69 Å². The third-order valence-corrected chi connectivity index (χ3v) is 4.75. The molecule has 102 valence electrons. The van der Waals surface area contributed by atoms with Crippen LogP contribution in [0.15, 0.2) is 0 Å². The summed E-state index contributed by atoms with van der Waals surface area (Å²) in [7, 11) is 0. The lowest BCUT2D eigenvalue weighted by Crippen LogP contribution is -2.44. The van der Waals surface area contributed by atoms with Crippen LogP contribution in [0.5, 0.6) is 0 Å². The number of carbonyl (C=O) groups excluding carboxylic acids is 1. The predicted octanol–water partition coefficient (Wildman–Crippen LogP) is 1.16. The van der Waals surface area contributed by atoms with Crippen LogP contribution in [-0.2, 0) is 9.53 Å². The molecule has 3 aliphatic rings. The molecule has 1 saturated carbocycles. The van der Waals surface area contributed by atoms with E-state index in [1.54, 1.807) is 0 Å². The molecule has 1 aliphatic carbocycles. The first kappa shape index (κ1) is 12.4. The van der Waals surface area contributed by atoms with E-state index in [1.807, 2.05) is 0 Å². The molecule has 0 aromatic heterocycles. The van der Waals surface area contributed by atoms with Gasteiger partial charge in [-0.25, -0.2) is 0 Å². The number of likely N-dealkylation sites (tertiary alicyclic amines) is 1. The zero-order chi connectivity index (χ0) is 12.4. The maximum absolute atomic E-state index is 11.9. The summed E-state index contributed by atoms with van der Waals surface area (Å²) in [4.78, 5) is 14.5. The normalized spacial score (nSPS) is 31.2. The van der Waals surface area contributed by atoms with Crippen molar-refractivity contribution in [3.63, 3.8) is 0 Å². The van der Waals surface area contributed by atoms with E-state index in [-0.39, 0.29) is 0 Å². The third kappa shape index (κ3) is 2.69. The van der Waals surface area contributed by atoms with Gasteiger partial charge in [0.25, 0.3) is 0 Å². The molecule has 2 aliphatic heterocycles. The smallest absolute Gasteiger partial charge is 0.223 e. The van der Waals surface area contributed by atoms with Crippen molar-refractivity contribution in [1.82, 2.24) is 10.2 Å². The van der Waals surface area contributed by atoms with Gasteiger partial charge in [0.2, 0.25) is 5.91 Å². The van der Waals surface area contributed by atoms with Crippen molar-refractivity contribution in [2.45, 2.75) is 50.6 Å². The Morgan fingerprint density at radius 3 is 2.56 bits per heavy atom. The van der Waals surface area contributed by atoms with Gasteiger partial charge in [0.05, 0.1) is 0 Å². The van der Waals surface area contributed by atoms with Crippen molar-refractivity contribution in [3.8, 4) is 0 Å². The molecule has 1 amide bonds. The highest BCUT2D eigenvalue weighted by atomic mass is 16.5. The number of nitrogens with zero attached hydrogens (tertiary/aromatic N) is 1. The van der Waals surface area contributed by atoms with E-state index >= 15 is 0 Å². The van der Waals surface area contributed by atoms with E-state index in [1.165, 1.54) is 6.42 Å². The van der Waals surface area contributed by atoms with Crippen LogP contribution in [0, 0.1) is 5.92 Å². The summed E-state index contributed by atoms with van der Waals surface area (Å²) in [5.74, 6) is 0.627. The zero-order valence-corrected chi connectivity index (χ0v) is 11.1. The lowest BCUT2D eigenvalue weighted by atomic mass is 9.84. The summed E-state index contributed by atoms with van der Waals surface area (Å²) in [5, 5.41) is 3.24. The Hall–Kier alpha value is -0.610. The molecule has 18 heavy (non-hydrogen) atoms. The number of hydrogen-bond donors (Lipinski definition) is 1. The fourth-order valence-electron chi connectivity index (χ4n) is 3.28. The first-order chi connectivity index (χ1) is 8.83. The van der Waals surface area contributed by atoms with Gasteiger partial charge in [0, 0.05) is 44.3 Å². The number of hydrogen-bond acceptors (Lipinski definition) is 3. The number of nitrogens with one attached hydrogen (secondary N) is 1. The second-order valence-corrected chi connectivity index (χ2v) is 5.96. The second kappa shape index (κ2) is 5.57. The maximum Gasteiger partial charge on any atom is 0.223 e. The molecule has 0 radical (unpaired) electrons. The maximum atomic E-state index is 11.9. The van der Waals surface area contributed by atoms with Gasteiger partial charge in [-0.2, -0.15) is 0 Å². The molecule has 0 aromatic rings. The molecule has 0 bridgehead atoms. The first-order valence-electron chi connectivity index (χ1n) is 7.45. The summed E-state index contributed by atoms with van der Waals surface area (Å²) in [6, 6.07) is 1.07. The monoisotopic (exact) mass is 252 g/mol. The van der Waals surface area contributed by atoms with E-state index in [2.05, 4.69) is 10.2 Å². The average Bonchev–Trinajstić information content (AvgIpc) is 2.76. The van der Waals surface area contributed by atoms with Gasteiger partial charge in [-0.15, -0.1) is 0 Å². The van der Waals surface area contributed by atoms with Crippen LogP contribution < -0.4 is 5.32 Å². The van der Waals surface area contributed by atoms with E-state index in [0.717, 1.165) is 58.4 Å². The van der Waals surface area contributed by atoms with Crippen LogP contribution >= 0.6 is 0 Å². The fraction of sp³-hybridized carbons (Fsp3) is 0.929. The summed E-state index contributed by atoms with van der Waals surface area (Å²) in [6.45, 7) is 3.99. The van der Waals surface area contributed by atoms with Crippen molar-refractivity contribution >= 4 is 5.91 Å². The van der Waals surface area contributed by atoms with E-state index in [0.29, 0.717) is 23.9 Å². The quantitative estimate of drug-likeness (QED) is 0.819. The summed E-state index contributed by atoms with van der Waals surface area (Å²) < 4.78 is 5.41. The Balaban J connectivity index is 1.44. The largest absolute Gasteiger partial charge is 0.381 e. The highest BCUT2D eigenvalue weighted by Gasteiger charge is 2.32. The van der Waals surface area contributed by atoms with Crippen LogP contribution in [0.4, 0.5) is 0 Å². The first-order valence-corrected chi connectivity index (χ1v) is 7.45. The van der Waals surface area contributed by atoms with Crippen molar-refractivity contribution in [1.29, 1.82) is 0 Å². The SMILES string of the molecule is O=C(NC1CCN(C2CCOCC2)C1)C1CCC1. The second-order valence-electron chi connectivity index (χ2n) is 5.96. The van der Waals surface area contributed by atoms with Crippen LogP contribution in [0.1, 0.15) is 38.5 Å². The van der Waals surface area contributed by atoms with Gasteiger partial charge in [-0.1, -0.05) is 6.42 Å². The molecule has 2 saturated heterocycles. The predicted molar refractivity (Wildman–Crippen MR) is 69.3 cm³/mol. The third-order valence-electron chi connectivity index (χ3n) is 4.75. The number of rotatable bonds is 3. The lowest BCUT2D eigenvalue weighted by Gasteiger charge is -2.31. The molecule has 4 nitrogen and oxygen atoms in total. The summed E-state index contributed by atoms with van der Waals surface area (Å²) in [6.07, 6.45) is 6.86. The van der Waals surface area contributed by atoms with Crippen LogP contribution in [0.2, 0.25) is 0 Å². The van der Waals surface area contributed by atoms with Crippen molar-refractivity contribution in [3.05, 3.63) is 0 Å². The average molecular weight is 252 g/mol. The van der Waals surface area contributed by atoms with Crippen LogP contribution in [-0.4, -0.2) is 49.2 Å². The minimum Gasteiger partial charge on any atom is -0.381 e. The van der Waals surface area contributed by atoms with E-state index < -0.39 is 0 Å². The number of carbonyl (C=O) groups is 1. The molecule has 1 unspecified atom stereocenters. The Kier molecular flexibility index (Phi) is 3.85. The summed E-state index contributed by atoms with van der Waals surface area (Å²) in [5.41, 5.74) is 0. The molecule has 1 atom stereocenters. The molecular formula is C14H24N2O2. The number of amides is 1. The summed E-state index contributed by atoms with van der Waals surface area (Å²) >= 11 is 0.